The molecule has 0 bridgehead atoms. The first-order valence-electron chi connectivity index (χ1n) is 5.97. The Morgan fingerprint density at radius 3 is 2.65 bits per heavy atom. The number of benzene rings is 1. The first-order valence-corrected chi connectivity index (χ1v) is 5.97. The molecule has 0 saturated heterocycles. The molecule has 0 aliphatic heterocycles. The van der Waals surface area contributed by atoms with E-state index in [2.05, 4.69) is 5.32 Å². The number of carbonyl (C=O) groups is 1. The van der Waals surface area contributed by atoms with Crippen molar-refractivity contribution in [3.8, 4) is 0 Å². The van der Waals surface area contributed by atoms with Crippen LogP contribution >= 0.6 is 0 Å². The molecule has 1 saturated carbocycles. The summed E-state index contributed by atoms with van der Waals surface area (Å²) in [6, 6.07) is 4.60. The number of aromatic carboxylic acids is 1. The van der Waals surface area contributed by atoms with Crippen molar-refractivity contribution in [2.45, 2.75) is 38.1 Å². The maximum atomic E-state index is 13.4. The molecule has 1 aliphatic rings. The molecule has 4 heteroatoms. The summed E-state index contributed by atoms with van der Waals surface area (Å²) in [6.07, 6.45) is 5.57. The molecule has 0 spiro atoms. The quantitative estimate of drug-likeness (QED) is 0.848. The second-order valence-corrected chi connectivity index (χ2v) is 4.45. The van der Waals surface area contributed by atoms with Gasteiger partial charge in [0, 0.05) is 6.04 Å². The summed E-state index contributed by atoms with van der Waals surface area (Å²) in [5.74, 6) is -1.90. The van der Waals surface area contributed by atoms with Gasteiger partial charge in [0.15, 0.2) is 0 Å². The molecule has 0 aromatic heterocycles. The van der Waals surface area contributed by atoms with E-state index in [1.807, 2.05) is 0 Å². The first kappa shape index (κ1) is 11.9. The molecular weight excluding hydrogens is 221 g/mol. The molecular formula is C13H16FNO2. The van der Waals surface area contributed by atoms with Crippen LogP contribution in [0, 0.1) is 5.82 Å². The Morgan fingerprint density at radius 1 is 1.29 bits per heavy atom. The third kappa shape index (κ3) is 2.75. The van der Waals surface area contributed by atoms with E-state index in [1.165, 1.54) is 18.6 Å². The van der Waals surface area contributed by atoms with Crippen LogP contribution in [0.4, 0.5) is 10.1 Å². The molecule has 2 rings (SSSR count). The Kier molecular flexibility index (Phi) is 3.61. The molecule has 2 N–H and O–H groups in total. The van der Waals surface area contributed by atoms with Crippen molar-refractivity contribution in [3.05, 3.63) is 29.6 Å². The van der Waals surface area contributed by atoms with Crippen LogP contribution in [0.3, 0.4) is 0 Å². The highest BCUT2D eigenvalue weighted by molar-refractivity contribution is 5.94. The van der Waals surface area contributed by atoms with E-state index < -0.39 is 11.8 Å². The standard InChI is InChI=1S/C13H16FNO2/c14-10-7-4-8-11(12(10)13(16)17)15-9-5-2-1-3-6-9/h4,7-9,15H,1-3,5-6H2,(H,16,17). The number of carboxylic acid groups (broad SMARTS) is 1. The zero-order valence-electron chi connectivity index (χ0n) is 9.58. The summed E-state index contributed by atoms with van der Waals surface area (Å²) in [5.41, 5.74) is 0.141. The average Bonchev–Trinajstić information content (AvgIpc) is 2.30. The van der Waals surface area contributed by atoms with Crippen LogP contribution in [0.25, 0.3) is 0 Å². The van der Waals surface area contributed by atoms with Crippen LogP contribution < -0.4 is 5.32 Å². The molecule has 0 amide bonds. The van der Waals surface area contributed by atoms with Crippen LogP contribution in [0.5, 0.6) is 0 Å². The van der Waals surface area contributed by atoms with Crippen molar-refractivity contribution in [2.75, 3.05) is 5.32 Å². The van der Waals surface area contributed by atoms with Crippen molar-refractivity contribution < 1.29 is 14.3 Å². The fraction of sp³-hybridized carbons (Fsp3) is 0.462. The highest BCUT2D eigenvalue weighted by Crippen LogP contribution is 2.25. The zero-order chi connectivity index (χ0) is 12.3. The monoisotopic (exact) mass is 237 g/mol. The Morgan fingerprint density at radius 2 is 2.00 bits per heavy atom. The van der Waals surface area contributed by atoms with Gasteiger partial charge in [-0.15, -0.1) is 0 Å². The number of carboxylic acids is 1. The predicted molar refractivity (Wildman–Crippen MR) is 63.9 cm³/mol. The van der Waals surface area contributed by atoms with Gasteiger partial charge in [-0.25, -0.2) is 9.18 Å². The van der Waals surface area contributed by atoms with E-state index in [0.29, 0.717) is 5.69 Å². The van der Waals surface area contributed by atoms with E-state index in [-0.39, 0.29) is 11.6 Å². The van der Waals surface area contributed by atoms with Gasteiger partial charge in [-0.2, -0.15) is 0 Å². The van der Waals surface area contributed by atoms with Gasteiger partial charge in [0.25, 0.3) is 0 Å². The van der Waals surface area contributed by atoms with Crippen LogP contribution in [0.1, 0.15) is 42.5 Å². The Labute approximate surface area is 99.7 Å². The second kappa shape index (κ2) is 5.17. The minimum Gasteiger partial charge on any atom is -0.478 e. The minimum atomic E-state index is -1.22. The molecule has 1 aliphatic carbocycles. The van der Waals surface area contributed by atoms with Crippen molar-refractivity contribution in [3.63, 3.8) is 0 Å². The SMILES string of the molecule is O=C(O)c1c(F)cccc1NC1CCCCC1. The molecule has 1 fully saturated rings. The Balaban J connectivity index is 2.19. The number of hydrogen-bond acceptors (Lipinski definition) is 2. The van der Waals surface area contributed by atoms with Gasteiger partial charge in [0.2, 0.25) is 0 Å². The molecule has 0 heterocycles. The lowest BCUT2D eigenvalue weighted by Gasteiger charge is -2.24. The van der Waals surface area contributed by atoms with Crippen molar-refractivity contribution in [1.29, 1.82) is 0 Å². The predicted octanol–water partition coefficient (Wildman–Crippen LogP) is 3.27. The maximum Gasteiger partial charge on any atom is 0.340 e. The van der Waals surface area contributed by atoms with Crippen molar-refractivity contribution >= 4 is 11.7 Å². The van der Waals surface area contributed by atoms with Crippen molar-refractivity contribution in [1.82, 2.24) is 0 Å². The van der Waals surface area contributed by atoms with E-state index >= 15 is 0 Å². The van der Waals surface area contributed by atoms with Gasteiger partial charge in [0.1, 0.15) is 11.4 Å². The summed E-state index contributed by atoms with van der Waals surface area (Å²) in [4.78, 5) is 11.0. The maximum absolute atomic E-state index is 13.4. The number of nitrogens with one attached hydrogen (secondary N) is 1. The third-order valence-electron chi connectivity index (χ3n) is 3.19. The molecule has 0 unspecified atom stereocenters. The lowest BCUT2D eigenvalue weighted by Crippen LogP contribution is -2.23. The second-order valence-electron chi connectivity index (χ2n) is 4.45. The fourth-order valence-electron chi connectivity index (χ4n) is 2.33. The van der Waals surface area contributed by atoms with E-state index in [9.17, 15) is 9.18 Å². The molecule has 92 valence electrons. The normalized spacial score (nSPS) is 16.8. The van der Waals surface area contributed by atoms with Gasteiger partial charge in [-0.3, -0.25) is 0 Å². The molecule has 3 nitrogen and oxygen atoms in total. The number of rotatable bonds is 3. The lowest BCUT2D eigenvalue weighted by atomic mass is 9.95. The minimum absolute atomic E-state index is 0.252. The van der Waals surface area contributed by atoms with E-state index in [0.717, 1.165) is 25.7 Å². The topological polar surface area (TPSA) is 49.3 Å². The largest absolute Gasteiger partial charge is 0.478 e. The van der Waals surface area contributed by atoms with Crippen LogP contribution in [0.2, 0.25) is 0 Å². The molecule has 0 atom stereocenters. The zero-order valence-corrected chi connectivity index (χ0v) is 9.58. The van der Waals surface area contributed by atoms with E-state index in [4.69, 9.17) is 5.11 Å². The van der Waals surface area contributed by atoms with Crippen molar-refractivity contribution in [2.24, 2.45) is 0 Å². The lowest BCUT2D eigenvalue weighted by molar-refractivity contribution is 0.0693. The van der Waals surface area contributed by atoms with Crippen LogP contribution in [-0.2, 0) is 0 Å². The number of halogens is 1. The summed E-state index contributed by atoms with van der Waals surface area (Å²) >= 11 is 0. The number of anilines is 1. The van der Waals surface area contributed by atoms with Crippen LogP contribution in [-0.4, -0.2) is 17.1 Å². The molecule has 0 radical (unpaired) electrons. The van der Waals surface area contributed by atoms with E-state index in [1.54, 1.807) is 6.07 Å². The summed E-state index contributed by atoms with van der Waals surface area (Å²) in [7, 11) is 0. The average molecular weight is 237 g/mol. The Bertz CT molecular complexity index is 414. The molecule has 17 heavy (non-hydrogen) atoms. The molecule has 1 aromatic carbocycles. The van der Waals surface area contributed by atoms with Gasteiger partial charge in [-0.1, -0.05) is 25.3 Å². The third-order valence-corrected chi connectivity index (χ3v) is 3.19. The smallest absolute Gasteiger partial charge is 0.340 e. The summed E-state index contributed by atoms with van der Waals surface area (Å²) in [6.45, 7) is 0. The van der Waals surface area contributed by atoms with Gasteiger partial charge >= 0.3 is 5.97 Å². The van der Waals surface area contributed by atoms with Crippen LogP contribution in [0.15, 0.2) is 18.2 Å². The number of hydrogen-bond donors (Lipinski definition) is 2. The molecule has 1 aromatic rings. The van der Waals surface area contributed by atoms with Gasteiger partial charge in [-0.05, 0) is 25.0 Å². The Hall–Kier alpha value is -1.58. The first-order chi connectivity index (χ1) is 8.18. The highest BCUT2D eigenvalue weighted by Gasteiger charge is 2.19. The fourth-order valence-corrected chi connectivity index (χ4v) is 2.33. The highest BCUT2D eigenvalue weighted by atomic mass is 19.1. The van der Waals surface area contributed by atoms with Gasteiger partial charge < -0.3 is 10.4 Å². The summed E-state index contributed by atoms with van der Waals surface area (Å²) < 4.78 is 13.4. The van der Waals surface area contributed by atoms with Gasteiger partial charge in [0.05, 0.1) is 5.69 Å². The summed E-state index contributed by atoms with van der Waals surface area (Å²) in [5, 5.41) is 12.1.